The van der Waals surface area contributed by atoms with E-state index >= 15 is 0 Å². The maximum Gasteiger partial charge on any atom is 0.251 e. The molecule has 168 valence electrons. The first-order valence-corrected chi connectivity index (χ1v) is 10.6. The number of carbonyl (C=O) groups excluding carboxylic acids is 1. The van der Waals surface area contributed by atoms with Crippen molar-refractivity contribution in [3.63, 3.8) is 0 Å². The van der Waals surface area contributed by atoms with Gasteiger partial charge in [-0.25, -0.2) is 0 Å². The number of rotatable bonds is 7. The molecule has 1 amide bonds. The van der Waals surface area contributed by atoms with Gasteiger partial charge in [-0.1, -0.05) is 42.5 Å². The van der Waals surface area contributed by atoms with Gasteiger partial charge in [0.2, 0.25) is 0 Å². The highest BCUT2D eigenvalue weighted by molar-refractivity contribution is 14.0. The van der Waals surface area contributed by atoms with E-state index in [2.05, 4.69) is 51.3 Å². The van der Waals surface area contributed by atoms with Crippen LogP contribution in [0.25, 0.3) is 0 Å². The van der Waals surface area contributed by atoms with Gasteiger partial charge in [0, 0.05) is 51.4 Å². The second-order valence-corrected chi connectivity index (χ2v) is 7.64. The number of carbonyl (C=O) groups is 1. The first-order valence-electron chi connectivity index (χ1n) is 10.6. The molecule has 1 fully saturated rings. The lowest BCUT2D eigenvalue weighted by atomic mass is 9.74. The highest BCUT2D eigenvalue weighted by atomic mass is 127. The average molecular weight is 536 g/mol. The van der Waals surface area contributed by atoms with Gasteiger partial charge in [0.15, 0.2) is 5.96 Å². The quantitative estimate of drug-likeness (QED) is 0.289. The van der Waals surface area contributed by atoms with Gasteiger partial charge in [0.25, 0.3) is 5.91 Å². The molecule has 2 aromatic carbocycles. The van der Waals surface area contributed by atoms with Crippen molar-refractivity contribution < 1.29 is 9.53 Å². The van der Waals surface area contributed by atoms with Gasteiger partial charge in [-0.3, -0.25) is 9.79 Å². The molecule has 31 heavy (non-hydrogen) atoms. The molecular weight excluding hydrogens is 503 g/mol. The van der Waals surface area contributed by atoms with Crippen molar-refractivity contribution in [3.05, 3.63) is 71.3 Å². The van der Waals surface area contributed by atoms with Crippen LogP contribution in [0.1, 0.15) is 34.3 Å². The number of hydrogen-bond acceptors (Lipinski definition) is 3. The minimum Gasteiger partial charge on any atom is -0.381 e. The molecule has 2 aromatic rings. The zero-order chi connectivity index (χ0) is 21.2. The van der Waals surface area contributed by atoms with E-state index in [9.17, 15) is 4.79 Å². The zero-order valence-electron chi connectivity index (χ0n) is 18.3. The van der Waals surface area contributed by atoms with Crippen molar-refractivity contribution in [2.24, 2.45) is 4.99 Å². The lowest BCUT2D eigenvalue weighted by molar-refractivity contribution is 0.0514. The van der Waals surface area contributed by atoms with Crippen LogP contribution >= 0.6 is 24.0 Å². The van der Waals surface area contributed by atoms with Crippen LogP contribution in [0.3, 0.4) is 0 Å². The zero-order valence-corrected chi connectivity index (χ0v) is 20.6. The molecule has 3 N–H and O–H groups in total. The largest absolute Gasteiger partial charge is 0.381 e. The number of guanidine groups is 1. The second kappa shape index (κ2) is 12.7. The molecule has 3 rings (SSSR count). The normalized spacial score (nSPS) is 15.5. The molecule has 1 saturated heterocycles. The minimum absolute atomic E-state index is 0. The standard InChI is InChI=1S/C24H32N4O2.HI/c1-25-22(29)20-8-6-7-19(17-20)11-14-27-23(26-2)28-18-24(12-15-30-16-13-24)21-9-4-3-5-10-21;/h3-10,17H,11-16,18H2,1-2H3,(H,25,29)(H2,26,27,28);1H. The summed E-state index contributed by atoms with van der Waals surface area (Å²) in [6.07, 6.45) is 2.80. The summed E-state index contributed by atoms with van der Waals surface area (Å²) in [5, 5.41) is 9.58. The van der Waals surface area contributed by atoms with E-state index in [-0.39, 0.29) is 35.3 Å². The molecule has 0 unspecified atom stereocenters. The SMILES string of the molecule is CN=C(NCCc1cccc(C(=O)NC)c1)NCC1(c2ccccc2)CCOCC1.I. The number of aliphatic imine (C=N–C) groups is 1. The topological polar surface area (TPSA) is 74.8 Å². The number of halogens is 1. The predicted molar refractivity (Wildman–Crippen MR) is 136 cm³/mol. The molecule has 1 heterocycles. The highest BCUT2D eigenvalue weighted by Gasteiger charge is 2.34. The molecule has 6 nitrogen and oxygen atoms in total. The highest BCUT2D eigenvalue weighted by Crippen LogP contribution is 2.34. The Bertz CT molecular complexity index is 852. The van der Waals surface area contributed by atoms with E-state index in [4.69, 9.17) is 4.74 Å². The second-order valence-electron chi connectivity index (χ2n) is 7.64. The van der Waals surface area contributed by atoms with E-state index in [1.165, 1.54) is 5.56 Å². The molecule has 0 atom stereocenters. The summed E-state index contributed by atoms with van der Waals surface area (Å²) in [7, 11) is 3.44. The Morgan fingerprint density at radius 2 is 1.81 bits per heavy atom. The molecule has 7 heteroatoms. The molecule has 1 aliphatic rings. The van der Waals surface area contributed by atoms with Crippen LogP contribution < -0.4 is 16.0 Å². The van der Waals surface area contributed by atoms with Gasteiger partial charge in [-0.05, 0) is 42.5 Å². The number of benzene rings is 2. The maximum absolute atomic E-state index is 11.8. The Hall–Kier alpha value is -2.13. The van der Waals surface area contributed by atoms with E-state index in [0.717, 1.165) is 57.1 Å². The fraction of sp³-hybridized carbons (Fsp3) is 0.417. The van der Waals surface area contributed by atoms with Crippen molar-refractivity contribution in [3.8, 4) is 0 Å². The summed E-state index contributed by atoms with van der Waals surface area (Å²) in [4.78, 5) is 16.2. The number of hydrogen-bond donors (Lipinski definition) is 3. The summed E-state index contributed by atoms with van der Waals surface area (Å²) in [6.45, 7) is 3.11. The van der Waals surface area contributed by atoms with Gasteiger partial charge in [-0.2, -0.15) is 0 Å². The van der Waals surface area contributed by atoms with Crippen LogP contribution in [-0.4, -0.2) is 52.3 Å². The summed E-state index contributed by atoms with van der Waals surface area (Å²) in [5.74, 6) is 0.726. The molecule has 0 aliphatic carbocycles. The average Bonchev–Trinajstić information content (AvgIpc) is 2.82. The smallest absolute Gasteiger partial charge is 0.251 e. The van der Waals surface area contributed by atoms with Gasteiger partial charge in [-0.15, -0.1) is 24.0 Å². The molecular formula is C24H33IN4O2. The summed E-state index contributed by atoms with van der Waals surface area (Å²) in [6, 6.07) is 18.4. The van der Waals surface area contributed by atoms with Crippen molar-refractivity contribution in [1.82, 2.24) is 16.0 Å². The number of ether oxygens (including phenoxy) is 1. The van der Waals surface area contributed by atoms with Crippen LogP contribution in [0.4, 0.5) is 0 Å². The Balaban J connectivity index is 0.00000341. The Labute approximate surface area is 202 Å². The Morgan fingerprint density at radius 1 is 1.06 bits per heavy atom. The minimum atomic E-state index is -0.0649. The number of nitrogens with zero attached hydrogens (tertiary/aromatic N) is 1. The lowest BCUT2D eigenvalue weighted by Gasteiger charge is -2.38. The first kappa shape index (κ1) is 25.1. The monoisotopic (exact) mass is 536 g/mol. The van der Waals surface area contributed by atoms with E-state index in [1.807, 2.05) is 24.3 Å². The molecule has 0 radical (unpaired) electrons. The Morgan fingerprint density at radius 3 is 2.48 bits per heavy atom. The molecule has 0 spiro atoms. The fourth-order valence-corrected chi connectivity index (χ4v) is 3.93. The fourth-order valence-electron chi connectivity index (χ4n) is 3.93. The maximum atomic E-state index is 11.8. The summed E-state index contributed by atoms with van der Waals surface area (Å²) >= 11 is 0. The third-order valence-electron chi connectivity index (χ3n) is 5.78. The predicted octanol–water partition coefficient (Wildman–Crippen LogP) is 3.12. The van der Waals surface area contributed by atoms with Crippen molar-refractivity contribution in [2.45, 2.75) is 24.7 Å². The summed E-state index contributed by atoms with van der Waals surface area (Å²) in [5.41, 5.74) is 3.20. The third-order valence-corrected chi connectivity index (χ3v) is 5.78. The molecule has 0 aromatic heterocycles. The van der Waals surface area contributed by atoms with Crippen molar-refractivity contribution in [2.75, 3.05) is 40.4 Å². The van der Waals surface area contributed by atoms with E-state index in [0.29, 0.717) is 5.56 Å². The van der Waals surface area contributed by atoms with E-state index in [1.54, 1.807) is 14.1 Å². The van der Waals surface area contributed by atoms with Crippen LogP contribution in [0.2, 0.25) is 0 Å². The number of amides is 1. The Kier molecular flexibility index (Phi) is 10.3. The van der Waals surface area contributed by atoms with Gasteiger partial charge in [0.1, 0.15) is 0 Å². The third kappa shape index (κ3) is 6.93. The van der Waals surface area contributed by atoms with Gasteiger partial charge < -0.3 is 20.7 Å². The van der Waals surface area contributed by atoms with E-state index < -0.39 is 0 Å². The summed E-state index contributed by atoms with van der Waals surface area (Å²) < 4.78 is 5.63. The first-order chi connectivity index (χ1) is 14.7. The van der Waals surface area contributed by atoms with Crippen LogP contribution in [0, 0.1) is 0 Å². The molecule has 1 aliphatic heterocycles. The van der Waals surface area contributed by atoms with Crippen molar-refractivity contribution >= 4 is 35.8 Å². The van der Waals surface area contributed by atoms with Crippen LogP contribution in [0.15, 0.2) is 59.6 Å². The van der Waals surface area contributed by atoms with Crippen molar-refractivity contribution in [1.29, 1.82) is 0 Å². The molecule has 0 bridgehead atoms. The van der Waals surface area contributed by atoms with Crippen LogP contribution in [0.5, 0.6) is 0 Å². The van der Waals surface area contributed by atoms with Crippen LogP contribution in [-0.2, 0) is 16.6 Å². The lowest BCUT2D eigenvalue weighted by Crippen LogP contribution is -2.48. The number of nitrogens with one attached hydrogen (secondary N) is 3. The molecule has 0 saturated carbocycles. The van der Waals surface area contributed by atoms with Gasteiger partial charge >= 0.3 is 0 Å². The van der Waals surface area contributed by atoms with Gasteiger partial charge in [0.05, 0.1) is 0 Å².